The molecule has 1 fully saturated rings. The highest BCUT2D eigenvalue weighted by Crippen LogP contribution is 2.21. The van der Waals surface area contributed by atoms with Crippen LogP contribution in [0.15, 0.2) is 0 Å². The molecule has 0 aromatic rings. The van der Waals surface area contributed by atoms with E-state index in [0.29, 0.717) is 38.9 Å². The largest absolute Gasteiger partial charge is 0.394 e. The molecule has 0 amide bonds. The lowest BCUT2D eigenvalue weighted by Gasteiger charge is -2.32. The summed E-state index contributed by atoms with van der Waals surface area (Å²) < 4.78 is 11.0. The summed E-state index contributed by atoms with van der Waals surface area (Å²) in [7, 11) is 1.89. The van der Waals surface area contributed by atoms with E-state index < -0.39 is 30.7 Å². The molecule has 1 aliphatic heterocycles. The van der Waals surface area contributed by atoms with Gasteiger partial charge >= 0.3 is 0 Å². The number of likely N-dealkylation sites (N-methyl/N-ethyl adjacent to an activating group) is 1. The van der Waals surface area contributed by atoms with Crippen molar-refractivity contribution in [2.75, 3.05) is 39.9 Å². The first-order chi connectivity index (χ1) is 11.3. The summed E-state index contributed by atoms with van der Waals surface area (Å²) in [6.07, 6.45) is -1.81. The number of hydrogen-bond acceptors (Lipinski definition) is 8. The quantitative estimate of drug-likeness (QED) is 0.304. The van der Waals surface area contributed by atoms with Crippen LogP contribution in [0.1, 0.15) is 26.2 Å². The van der Waals surface area contributed by atoms with E-state index in [-0.39, 0.29) is 19.1 Å². The summed E-state index contributed by atoms with van der Waals surface area (Å²) in [5.41, 5.74) is 5.48. The van der Waals surface area contributed by atoms with E-state index in [2.05, 4.69) is 0 Å². The van der Waals surface area contributed by atoms with Gasteiger partial charge in [0.15, 0.2) is 6.29 Å². The summed E-state index contributed by atoms with van der Waals surface area (Å²) >= 11 is 0. The van der Waals surface area contributed by atoms with Crippen molar-refractivity contribution in [1.29, 1.82) is 0 Å². The van der Waals surface area contributed by atoms with Gasteiger partial charge in [-0.25, -0.2) is 0 Å². The van der Waals surface area contributed by atoms with Gasteiger partial charge in [-0.05, 0) is 19.4 Å². The zero-order valence-corrected chi connectivity index (χ0v) is 14.8. The molecule has 144 valence electrons. The molecule has 24 heavy (non-hydrogen) atoms. The molecular formula is C16H34N2O6. The number of aliphatic hydroxyl groups is 4. The van der Waals surface area contributed by atoms with E-state index in [1.165, 1.54) is 0 Å². The molecular weight excluding hydrogens is 316 g/mol. The minimum atomic E-state index is -0.732. The van der Waals surface area contributed by atoms with Crippen molar-refractivity contribution in [3.05, 3.63) is 0 Å². The van der Waals surface area contributed by atoms with Crippen molar-refractivity contribution in [1.82, 2.24) is 4.90 Å². The topological polar surface area (TPSA) is 129 Å². The normalized spacial score (nSPS) is 28.8. The van der Waals surface area contributed by atoms with Gasteiger partial charge in [0.2, 0.25) is 0 Å². The van der Waals surface area contributed by atoms with Gasteiger partial charge in [0.25, 0.3) is 0 Å². The molecule has 0 aromatic heterocycles. The third-order valence-corrected chi connectivity index (χ3v) is 4.33. The Morgan fingerprint density at radius 2 is 2.04 bits per heavy atom. The average Bonchev–Trinajstić information content (AvgIpc) is 2.52. The number of rotatable bonds is 11. The van der Waals surface area contributed by atoms with E-state index in [1.54, 1.807) is 0 Å². The maximum Gasteiger partial charge on any atom is 0.160 e. The van der Waals surface area contributed by atoms with Gasteiger partial charge in [0, 0.05) is 32.5 Å². The molecule has 0 aliphatic carbocycles. The smallest absolute Gasteiger partial charge is 0.160 e. The summed E-state index contributed by atoms with van der Waals surface area (Å²) in [5, 5.41) is 39.1. The number of nitrogens with two attached hydrogens (primary N) is 1. The lowest BCUT2D eigenvalue weighted by molar-refractivity contribution is -0.229. The molecule has 6 unspecified atom stereocenters. The zero-order chi connectivity index (χ0) is 18.1. The van der Waals surface area contributed by atoms with Crippen LogP contribution in [0.4, 0.5) is 0 Å². The minimum absolute atomic E-state index is 0.0607. The van der Waals surface area contributed by atoms with Crippen LogP contribution in [-0.2, 0) is 9.47 Å². The fraction of sp³-hybridized carbons (Fsp3) is 1.00. The molecule has 0 spiro atoms. The van der Waals surface area contributed by atoms with Crippen LogP contribution >= 0.6 is 0 Å². The van der Waals surface area contributed by atoms with E-state index in [0.717, 1.165) is 0 Å². The van der Waals surface area contributed by atoms with Crippen LogP contribution in [0, 0.1) is 5.92 Å². The number of nitrogens with zero attached hydrogens (tertiary/aromatic N) is 1. The summed E-state index contributed by atoms with van der Waals surface area (Å²) in [5.74, 6) is -0.0909. The number of hydrogen-bond donors (Lipinski definition) is 5. The van der Waals surface area contributed by atoms with E-state index in [4.69, 9.17) is 20.3 Å². The Hall–Kier alpha value is -0.320. The van der Waals surface area contributed by atoms with Gasteiger partial charge in [-0.3, -0.25) is 0 Å². The minimum Gasteiger partial charge on any atom is -0.394 e. The third kappa shape index (κ3) is 8.17. The van der Waals surface area contributed by atoms with Crippen molar-refractivity contribution in [2.24, 2.45) is 11.7 Å². The maximum absolute atomic E-state index is 10.2. The first-order valence-corrected chi connectivity index (χ1v) is 8.66. The molecule has 0 aromatic carbocycles. The molecule has 1 saturated heterocycles. The number of ether oxygens (including phenoxy) is 2. The Kier molecular flexibility index (Phi) is 10.3. The van der Waals surface area contributed by atoms with E-state index in [1.807, 2.05) is 18.9 Å². The van der Waals surface area contributed by atoms with Crippen LogP contribution in [0.5, 0.6) is 0 Å². The van der Waals surface area contributed by atoms with Gasteiger partial charge < -0.3 is 40.5 Å². The van der Waals surface area contributed by atoms with Gasteiger partial charge in [-0.2, -0.15) is 0 Å². The Morgan fingerprint density at radius 1 is 1.33 bits per heavy atom. The summed E-state index contributed by atoms with van der Waals surface area (Å²) in [6.45, 7) is 3.53. The first-order valence-electron chi connectivity index (χ1n) is 8.66. The highest BCUT2D eigenvalue weighted by Gasteiger charge is 2.29. The maximum atomic E-state index is 10.2. The van der Waals surface area contributed by atoms with Crippen molar-refractivity contribution >= 4 is 0 Å². The Balaban J connectivity index is 2.28. The van der Waals surface area contributed by atoms with Crippen molar-refractivity contribution in [2.45, 2.75) is 56.9 Å². The molecule has 1 aliphatic rings. The van der Waals surface area contributed by atoms with Gasteiger partial charge in [0.05, 0.1) is 37.6 Å². The molecule has 0 bridgehead atoms. The molecule has 1 heterocycles. The highest BCUT2D eigenvalue weighted by molar-refractivity contribution is 4.74. The molecule has 8 heteroatoms. The Labute approximate surface area is 144 Å². The SMILES string of the molecule is CC(CC(O)COC1CC(O)CC(CO)O1)C(O)CN(C)CCN. The molecule has 1 rings (SSSR count). The molecule has 0 radical (unpaired) electrons. The predicted octanol–water partition coefficient (Wildman–Crippen LogP) is -1.50. The van der Waals surface area contributed by atoms with Crippen molar-refractivity contribution < 1.29 is 29.9 Å². The predicted molar refractivity (Wildman–Crippen MR) is 89.3 cm³/mol. The van der Waals surface area contributed by atoms with Crippen LogP contribution in [0.3, 0.4) is 0 Å². The number of aliphatic hydroxyl groups excluding tert-OH is 4. The highest BCUT2D eigenvalue weighted by atomic mass is 16.7. The van der Waals surface area contributed by atoms with Gasteiger partial charge in [-0.1, -0.05) is 6.92 Å². The third-order valence-electron chi connectivity index (χ3n) is 4.33. The van der Waals surface area contributed by atoms with Crippen LogP contribution in [-0.4, -0.2) is 95.9 Å². The van der Waals surface area contributed by atoms with Crippen molar-refractivity contribution in [3.8, 4) is 0 Å². The molecule has 6 atom stereocenters. The average molecular weight is 350 g/mol. The lowest BCUT2D eigenvalue weighted by atomic mass is 9.97. The van der Waals surface area contributed by atoms with E-state index >= 15 is 0 Å². The monoisotopic (exact) mass is 350 g/mol. The fourth-order valence-electron chi connectivity index (χ4n) is 2.86. The second-order valence-electron chi connectivity index (χ2n) is 6.81. The second-order valence-corrected chi connectivity index (χ2v) is 6.81. The van der Waals surface area contributed by atoms with Gasteiger partial charge in [-0.15, -0.1) is 0 Å². The van der Waals surface area contributed by atoms with Crippen LogP contribution in [0.2, 0.25) is 0 Å². The Morgan fingerprint density at radius 3 is 2.67 bits per heavy atom. The van der Waals surface area contributed by atoms with Crippen molar-refractivity contribution in [3.63, 3.8) is 0 Å². The summed E-state index contributed by atoms with van der Waals surface area (Å²) in [6, 6.07) is 0. The Bertz CT molecular complexity index is 336. The van der Waals surface area contributed by atoms with Crippen LogP contribution in [0.25, 0.3) is 0 Å². The zero-order valence-electron chi connectivity index (χ0n) is 14.8. The molecule has 6 N–H and O–H groups in total. The standard InChI is InChI=1S/C16H34N2O6/c1-11(15(22)8-18(2)4-3-17)5-13(21)10-23-16-7-12(20)6-14(9-19)24-16/h11-16,19-22H,3-10,17H2,1-2H3. The molecule has 8 nitrogen and oxygen atoms in total. The van der Waals surface area contributed by atoms with Crippen LogP contribution < -0.4 is 5.73 Å². The van der Waals surface area contributed by atoms with E-state index in [9.17, 15) is 15.3 Å². The lowest BCUT2D eigenvalue weighted by Crippen LogP contribution is -2.40. The first kappa shape index (κ1) is 21.7. The summed E-state index contributed by atoms with van der Waals surface area (Å²) in [4.78, 5) is 1.95. The van der Waals surface area contributed by atoms with Gasteiger partial charge in [0.1, 0.15) is 0 Å². The fourth-order valence-corrected chi connectivity index (χ4v) is 2.86. The second kappa shape index (κ2) is 11.3. The molecule has 0 saturated carbocycles.